The number of anilines is 1. The molecular weight excluding hydrogens is 489 g/mol. The van der Waals surface area contributed by atoms with Crippen LogP contribution in [0.15, 0.2) is 115 Å². The summed E-state index contributed by atoms with van der Waals surface area (Å²) in [6.45, 7) is 3.56. The summed E-state index contributed by atoms with van der Waals surface area (Å²) >= 11 is 0. The topological polar surface area (TPSA) is 12.5 Å². The summed E-state index contributed by atoms with van der Waals surface area (Å²) in [7, 11) is -2.26. The summed E-state index contributed by atoms with van der Waals surface area (Å²) in [5.74, 6) is 0. The molecule has 2 nitrogen and oxygen atoms in total. The Balaban J connectivity index is 0.00000259. The molecule has 4 heteroatoms. The van der Waals surface area contributed by atoms with Crippen molar-refractivity contribution in [3.63, 3.8) is 0 Å². The molecule has 0 aliphatic carbocycles. The number of nitrogens with zero attached hydrogens (tertiary/aromatic N) is 1. The molecule has 0 saturated carbocycles. The van der Waals surface area contributed by atoms with Gasteiger partial charge in [-0.25, -0.2) is 0 Å². The van der Waals surface area contributed by atoms with Gasteiger partial charge in [0, 0.05) is 0 Å². The molecule has 4 aromatic rings. The van der Waals surface area contributed by atoms with E-state index in [-0.39, 0.29) is 17.0 Å². The van der Waals surface area contributed by atoms with Crippen molar-refractivity contribution in [1.82, 2.24) is 0 Å². The van der Waals surface area contributed by atoms with Gasteiger partial charge in [0.15, 0.2) is 0 Å². The zero-order valence-corrected chi connectivity index (χ0v) is 21.5. The number of hydrogen-bond donors (Lipinski definition) is 0. The van der Waals surface area contributed by atoms with E-state index in [2.05, 4.69) is 120 Å². The molecule has 1 aliphatic heterocycles. The number of morpholine rings is 1. The molecule has 0 spiro atoms. The fourth-order valence-electron chi connectivity index (χ4n) is 4.93. The second kappa shape index (κ2) is 11.1. The van der Waals surface area contributed by atoms with Gasteiger partial charge in [0.05, 0.1) is 0 Å². The van der Waals surface area contributed by atoms with Gasteiger partial charge in [0.2, 0.25) is 0 Å². The first-order valence-electron chi connectivity index (χ1n) is 11.4. The van der Waals surface area contributed by atoms with E-state index < -0.39 is 7.26 Å². The molecule has 0 unspecified atom stereocenters. The molecule has 1 aliphatic rings. The van der Waals surface area contributed by atoms with Crippen molar-refractivity contribution in [1.29, 1.82) is 0 Å². The minimum atomic E-state index is -2.26. The summed E-state index contributed by atoms with van der Waals surface area (Å²) in [6.07, 6.45) is 1.04. The summed E-state index contributed by atoms with van der Waals surface area (Å²) in [5, 5.41) is 4.36. The van der Waals surface area contributed by atoms with Gasteiger partial charge in [0.1, 0.15) is 0 Å². The van der Waals surface area contributed by atoms with Gasteiger partial charge in [-0.15, -0.1) is 17.0 Å². The van der Waals surface area contributed by atoms with Gasteiger partial charge >= 0.3 is 192 Å². The average Bonchev–Trinajstić information content (AvgIpc) is 2.90. The van der Waals surface area contributed by atoms with Crippen LogP contribution in [0.3, 0.4) is 0 Å². The molecule has 0 bridgehead atoms. The van der Waals surface area contributed by atoms with E-state index >= 15 is 0 Å². The molecule has 170 valence electrons. The van der Waals surface area contributed by atoms with Crippen LogP contribution in [0.1, 0.15) is 5.56 Å². The van der Waals surface area contributed by atoms with Crippen molar-refractivity contribution >= 4 is 45.8 Å². The predicted octanol–water partition coefficient (Wildman–Crippen LogP) is 5.33. The van der Waals surface area contributed by atoms with Crippen molar-refractivity contribution in [2.45, 2.75) is 6.16 Å². The molecule has 0 aromatic heterocycles. The van der Waals surface area contributed by atoms with Crippen LogP contribution in [0.4, 0.5) is 5.69 Å². The molecule has 1 fully saturated rings. The number of halogens is 1. The molecule has 1 heterocycles. The first-order valence-corrected chi connectivity index (χ1v) is 13.7. The van der Waals surface area contributed by atoms with E-state index in [1.807, 2.05) is 0 Å². The molecule has 4 aromatic carbocycles. The Morgan fingerprint density at radius 2 is 1.00 bits per heavy atom. The molecule has 33 heavy (non-hydrogen) atoms. The van der Waals surface area contributed by atoms with Gasteiger partial charge in [-0.1, -0.05) is 0 Å². The Hall–Kier alpha value is -2.45. The van der Waals surface area contributed by atoms with Crippen molar-refractivity contribution in [2.75, 3.05) is 31.2 Å². The van der Waals surface area contributed by atoms with Crippen LogP contribution in [0.25, 0.3) is 0 Å². The van der Waals surface area contributed by atoms with Gasteiger partial charge in [-0.3, -0.25) is 0 Å². The zero-order valence-electron chi connectivity index (χ0n) is 18.8. The van der Waals surface area contributed by atoms with Crippen molar-refractivity contribution in [3.8, 4) is 0 Å². The van der Waals surface area contributed by atoms with Crippen LogP contribution in [0.2, 0.25) is 0 Å². The van der Waals surface area contributed by atoms with Crippen LogP contribution >= 0.6 is 24.2 Å². The van der Waals surface area contributed by atoms with E-state index in [1.165, 1.54) is 27.2 Å². The first kappa shape index (κ1) is 23.7. The van der Waals surface area contributed by atoms with Crippen molar-refractivity contribution in [2.24, 2.45) is 0 Å². The Morgan fingerprint density at radius 1 is 0.576 bits per heavy atom. The summed E-state index contributed by atoms with van der Waals surface area (Å²) < 4.78 is 5.52. The quantitative estimate of drug-likeness (QED) is 0.319. The van der Waals surface area contributed by atoms with E-state index in [4.69, 9.17) is 4.74 Å². The fourth-order valence-corrected chi connectivity index (χ4v) is 9.67. The standard InChI is InChI=1S/C29H30NOP.BrH/c1-4-10-27(11-5-1)32(28-12-6-2-7-13-28,29-14-8-3-9-15-29)24-25-16-18-26(19-17-25)30-20-22-31-23-21-30;/h1-19,32H,20-24H2;1H. The SMILES string of the molecule is Br.c1ccc([PH](Cc2ccc(N3CCOCC3)cc2)(c2ccccc2)c2ccccc2)cc1. The second-order valence-corrected chi connectivity index (χ2v) is 12.3. The Kier molecular flexibility index (Phi) is 7.98. The molecule has 0 N–H and O–H groups in total. The maximum absolute atomic E-state index is 5.52. The maximum atomic E-state index is 5.52. The summed E-state index contributed by atoms with van der Waals surface area (Å²) in [4.78, 5) is 2.42. The van der Waals surface area contributed by atoms with Crippen LogP contribution in [-0.2, 0) is 10.9 Å². The molecule has 0 radical (unpaired) electrons. The Labute approximate surface area is 208 Å². The van der Waals surface area contributed by atoms with Crippen LogP contribution in [0, 0.1) is 0 Å². The third kappa shape index (κ3) is 5.06. The van der Waals surface area contributed by atoms with E-state index in [0.29, 0.717) is 0 Å². The van der Waals surface area contributed by atoms with Crippen LogP contribution in [0.5, 0.6) is 0 Å². The minimum absolute atomic E-state index is 0. The van der Waals surface area contributed by atoms with Crippen molar-refractivity contribution in [3.05, 3.63) is 121 Å². The first-order chi connectivity index (χ1) is 15.9. The van der Waals surface area contributed by atoms with Crippen LogP contribution < -0.4 is 20.8 Å². The Bertz CT molecular complexity index is 1020. The van der Waals surface area contributed by atoms with Crippen LogP contribution in [-0.4, -0.2) is 26.3 Å². The van der Waals surface area contributed by atoms with E-state index in [9.17, 15) is 0 Å². The second-order valence-electron chi connectivity index (χ2n) is 8.45. The van der Waals surface area contributed by atoms with Crippen molar-refractivity contribution < 1.29 is 4.74 Å². The normalized spacial score (nSPS) is 14.4. The molecular formula is C29H31BrNOP. The van der Waals surface area contributed by atoms with E-state index in [0.717, 1.165) is 32.5 Å². The Morgan fingerprint density at radius 3 is 1.42 bits per heavy atom. The number of benzene rings is 4. The fraction of sp³-hybridized carbons (Fsp3) is 0.172. The number of ether oxygens (including phenoxy) is 1. The zero-order chi connectivity index (χ0) is 21.6. The average molecular weight is 520 g/mol. The molecule has 1 saturated heterocycles. The predicted molar refractivity (Wildman–Crippen MR) is 150 cm³/mol. The third-order valence-electron chi connectivity index (χ3n) is 6.58. The number of hydrogen-bond acceptors (Lipinski definition) is 2. The molecule has 5 rings (SSSR count). The van der Waals surface area contributed by atoms with E-state index in [1.54, 1.807) is 0 Å². The van der Waals surface area contributed by atoms with Gasteiger partial charge in [-0.05, 0) is 0 Å². The third-order valence-corrected chi connectivity index (χ3v) is 11.5. The molecule has 0 amide bonds. The van der Waals surface area contributed by atoms with Gasteiger partial charge in [0.25, 0.3) is 0 Å². The monoisotopic (exact) mass is 519 g/mol. The summed E-state index contributed by atoms with van der Waals surface area (Å²) in [6, 6.07) is 42.7. The van der Waals surface area contributed by atoms with Gasteiger partial charge in [-0.2, -0.15) is 0 Å². The summed E-state index contributed by atoms with van der Waals surface area (Å²) in [5.41, 5.74) is 2.69. The van der Waals surface area contributed by atoms with Gasteiger partial charge < -0.3 is 0 Å². The molecule has 0 atom stereocenters. The number of rotatable bonds is 6.